The Balaban J connectivity index is 2.00. The maximum absolute atomic E-state index is 12.7. The highest BCUT2D eigenvalue weighted by Crippen LogP contribution is 2.33. The van der Waals surface area contributed by atoms with Crippen LogP contribution in [-0.4, -0.2) is 34.2 Å². The molecule has 11 heteroatoms. The molecule has 0 aliphatic carbocycles. The lowest BCUT2D eigenvalue weighted by Crippen LogP contribution is -2.36. The smallest absolute Gasteiger partial charge is 0.465 e. The summed E-state index contributed by atoms with van der Waals surface area (Å²) in [5.41, 5.74) is 2.53. The fraction of sp³-hybridized carbons (Fsp3) is 0.364. The zero-order chi connectivity index (χ0) is 24.2. The Morgan fingerprint density at radius 1 is 1.21 bits per heavy atom. The molecule has 2 aromatic rings. The van der Waals surface area contributed by atoms with Crippen LogP contribution < -0.4 is 16.0 Å². The first-order chi connectivity index (χ1) is 15.5. The van der Waals surface area contributed by atoms with Crippen molar-refractivity contribution in [1.29, 1.82) is 0 Å². The van der Waals surface area contributed by atoms with Crippen molar-refractivity contribution in [2.24, 2.45) is 5.92 Å². The summed E-state index contributed by atoms with van der Waals surface area (Å²) in [6.07, 6.45) is -1.47. The Hall–Kier alpha value is -3.63. The van der Waals surface area contributed by atoms with Gasteiger partial charge in [-0.25, -0.2) is 4.79 Å². The van der Waals surface area contributed by atoms with E-state index >= 15 is 0 Å². The van der Waals surface area contributed by atoms with E-state index in [1.807, 2.05) is 5.32 Å². The molecule has 2 atom stereocenters. The minimum absolute atomic E-state index is 0.278. The van der Waals surface area contributed by atoms with Crippen molar-refractivity contribution in [3.63, 3.8) is 0 Å². The van der Waals surface area contributed by atoms with E-state index in [-0.39, 0.29) is 18.4 Å². The quantitative estimate of drug-likeness (QED) is 0.547. The summed E-state index contributed by atoms with van der Waals surface area (Å²) >= 11 is 0. The molecule has 0 unspecified atom stereocenters. The molecule has 33 heavy (non-hydrogen) atoms. The number of halogens is 3. The molecule has 4 N–H and O–H groups in total. The number of hydrogen-bond acceptors (Lipinski definition) is 4. The fourth-order valence-electron chi connectivity index (χ4n) is 3.62. The van der Waals surface area contributed by atoms with Gasteiger partial charge in [-0.15, -0.1) is 0 Å². The third kappa shape index (κ3) is 6.21. The molecule has 1 aliphatic heterocycles. The number of carbonyl (C=O) groups excluding carboxylic acids is 2. The van der Waals surface area contributed by atoms with Gasteiger partial charge in [0.2, 0.25) is 5.91 Å². The number of amides is 3. The van der Waals surface area contributed by atoms with Crippen molar-refractivity contribution < 1.29 is 32.7 Å². The molecule has 1 aromatic heterocycles. The molecule has 0 saturated carbocycles. The van der Waals surface area contributed by atoms with E-state index in [0.29, 0.717) is 47.2 Å². The number of carboxylic acid groups (broad SMARTS) is 1. The molecule has 1 aliphatic rings. The molecule has 8 nitrogen and oxygen atoms in total. The summed E-state index contributed by atoms with van der Waals surface area (Å²) in [5.74, 6) is -2.71. The minimum Gasteiger partial charge on any atom is -0.465 e. The minimum atomic E-state index is -4.99. The molecule has 0 radical (unpaired) electrons. The maximum Gasteiger partial charge on any atom is 0.471 e. The van der Waals surface area contributed by atoms with Crippen molar-refractivity contribution in [2.45, 2.75) is 44.9 Å². The lowest BCUT2D eigenvalue weighted by Gasteiger charge is -2.22. The van der Waals surface area contributed by atoms with Crippen LogP contribution in [0.2, 0.25) is 0 Å². The number of nitrogens with zero attached hydrogens (tertiary/aromatic N) is 1. The molecule has 2 bridgehead atoms. The first kappa shape index (κ1) is 24.0. The average Bonchev–Trinajstić information content (AvgIpc) is 2.75. The summed E-state index contributed by atoms with van der Waals surface area (Å²) in [7, 11) is 0. The van der Waals surface area contributed by atoms with Crippen LogP contribution in [-0.2, 0) is 16.1 Å². The number of aromatic nitrogens is 1. The predicted molar refractivity (Wildman–Crippen MR) is 113 cm³/mol. The molecule has 1 aromatic carbocycles. The Morgan fingerprint density at radius 3 is 2.67 bits per heavy atom. The standard InChI is InChI=1S/C22H23F3N4O4/c1-12-3-2-4-17(29-21(32)33)15-8-14(10-26-11-15)16-6-5-13(7-18(16)28-19(12)30)9-27-20(31)22(23,24)25/h5-8,10-12,17,29H,2-4,9H2,1H3,(H,27,31)(H,28,30)(H,32,33)/t12-,17+/m1/s1. The van der Waals surface area contributed by atoms with Crippen LogP contribution in [0.3, 0.4) is 0 Å². The third-order valence-electron chi connectivity index (χ3n) is 5.40. The van der Waals surface area contributed by atoms with Gasteiger partial charge in [-0.2, -0.15) is 13.2 Å². The van der Waals surface area contributed by atoms with Crippen LogP contribution in [0.1, 0.15) is 43.4 Å². The van der Waals surface area contributed by atoms with E-state index < -0.39 is 24.2 Å². The number of fused-ring (bicyclic) bond motifs is 4. The van der Waals surface area contributed by atoms with Crippen LogP contribution in [0, 0.1) is 5.92 Å². The zero-order valence-corrected chi connectivity index (χ0v) is 17.7. The second kappa shape index (κ2) is 9.88. The van der Waals surface area contributed by atoms with Gasteiger partial charge < -0.3 is 21.1 Å². The Morgan fingerprint density at radius 2 is 1.97 bits per heavy atom. The van der Waals surface area contributed by atoms with E-state index in [1.165, 1.54) is 12.1 Å². The predicted octanol–water partition coefficient (Wildman–Crippen LogP) is 3.99. The van der Waals surface area contributed by atoms with Crippen molar-refractivity contribution in [1.82, 2.24) is 15.6 Å². The van der Waals surface area contributed by atoms with Crippen molar-refractivity contribution >= 4 is 23.6 Å². The van der Waals surface area contributed by atoms with Crippen LogP contribution >= 0.6 is 0 Å². The molecule has 0 fully saturated rings. The summed E-state index contributed by atoms with van der Waals surface area (Å²) in [4.78, 5) is 39.3. The van der Waals surface area contributed by atoms with E-state index in [2.05, 4.69) is 15.6 Å². The van der Waals surface area contributed by atoms with Crippen molar-refractivity contribution in [3.05, 3.63) is 47.8 Å². The van der Waals surface area contributed by atoms with Gasteiger partial charge >= 0.3 is 18.2 Å². The lowest BCUT2D eigenvalue weighted by molar-refractivity contribution is -0.173. The fourth-order valence-corrected chi connectivity index (χ4v) is 3.62. The monoisotopic (exact) mass is 464 g/mol. The second-order valence-corrected chi connectivity index (χ2v) is 7.89. The van der Waals surface area contributed by atoms with Gasteiger partial charge in [-0.1, -0.05) is 25.5 Å². The number of rotatable bonds is 3. The average molecular weight is 464 g/mol. The number of anilines is 1. The number of alkyl halides is 3. The van der Waals surface area contributed by atoms with E-state index in [4.69, 9.17) is 0 Å². The molecule has 0 saturated heterocycles. The highest BCUT2D eigenvalue weighted by molar-refractivity contribution is 5.96. The normalized spacial score (nSPS) is 18.7. The van der Waals surface area contributed by atoms with Crippen molar-refractivity contribution in [3.8, 4) is 11.1 Å². The van der Waals surface area contributed by atoms with Gasteiger partial charge in [0.05, 0.1) is 6.04 Å². The molecular formula is C22H23F3N4O4. The summed E-state index contributed by atoms with van der Waals surface area (Å²) in [6, 6.07) is 5.90. The summed E-state index contributed by atoms with van der Waals surface area (Å²) in [6.45, 7) is 1.37. The van der Waals surface area contributed by atoms with E-state index in [1.54, 1.807) is 31.5 Å². The molecule has 176 valence electrons. The van der Waals surface area contributed by atoms with Gasteiger partial charge in [0, 0.05) is 41.7 Å². The third-order valence-corrected chi connectivity index (χ3v) is 5.40. The van der Waals surface area contributed by atoms with Crippen LogP contribution in [0.15, 0.2) is 36.7 Å². The first-order valence-corrected chi connectivity index (χ1v) is 10.3. The lowest BCUT2D eigenvalue weighted by atomic mass is 9.94. The van der Waals surface area contributed by atoms with Crippen LogP contribution in [0.25, 0.3) is 11.1 Å². The largest absolute Gasteiger partial charge is 0.471 e. The van der Waals surface area contributed by atoms with Gasteiger partial charge in [0.15, 0.2) is 0 Å². The molecule has 0 spiro atoms. The molecule has 3 amide bonds. The maximum atomic E-state index is 12.7. The molecular weight excluding hydrogens is 441 g/mol. The number of benzene rings is 1. The summed E-state index contributed by atoms with van der Waals surface area (Å²) in [5, 5.41) is 16.3. The van der Waals surface area contributed by atoms with Crippen molar-refractivity contribution in [2.75, 3.05) is 5.32 Å². The number of pyridine rings is 1. The van der Waals surface area contributed by atoms with Crippen LogP contribution in [0.4, 0.5) is 23.7 Å². The Kier molecular flexibility index (Phi) is 7.19. The van der Waals surface area contributed by atoms with Gasteiger partial charge in [0.25, 0.3) is 0 Å². The molecule has 2 heterocycles. The van der Waals surface area contributed by atoms with Gasteiger partial charge in [-0.05, 0) is 36.1 Å². The first-order valence-electron chi connectivity index (χ1n) is 10.3. The Bertz CT molecular complexity index is 1060. The number of nitrogens with one attached hydrogen (secondary N) is 3. The second-order valence-electron chi connectivity index (χ2n) is 7.89. The number of hydrogen-bond donors (Lipinski definition) is 4. The van der Waals surface area contributed by atoms with Crippen LogP contribution in [0.5, 0.6) is 0 Å². The highest BCUT2D eigenvalue weighted by atomic mass is 19.4. The highest BCUT2D eigenvalue weighted by Gasteiger charge is 2.38. The van der Waals surface area contributed by atoms with E-state index in [0.717, 1.165) is 0 Å². The molecule has 3 rings (SSSR count). The topological polar surface area (TPSA) is 120 Å². The van der Waals surface area contributed by atoms with E-state index in [9.17, 15) is 32.7 Å². The summed E-state index contributed by atoms with van der Waals surface area (Å²) < 4.78 is 37.5. The SMILES string of the molecule is C[C@@H]1CCC[C@H](NC(=O)O)c2cncc(c2)-c2ccc(CNC(=O)C(F)(F)F)cc2NC1=O. The van der Waals surface area contributed by atoms with Gasteiger partial charge in [-0.3, -0.25) is 14.6 Å². The number of carbonyl (C=O) groups is 3. The Labute approximate surface area is 187 Å². The zero-order valence-electron chi connectivity index (χ0n) is 17.7. The van der Waals surface area contributed by atoms with Gasteiger partial charge in [0.1, 0.15) is 0 Å².